The van der Waals surface area contributed by atoms with Crippen LogP contribution in [0.2, 0.25) is 0 Å². The van der Waals surface area contributed by atoms with Gasteiger partial charge in [0.15, 0.2) is 0 Å². The molecule has 122 valence electrons. The van der Waals surface area contributed by atoms with Crippen molar-refractivity contribution in [1.82, 2.24) is 0 Å². The second-order valence-corrected chi connectivity index (χ2v) is 5.69. The van der Waals surface area contributed by atoms with Gasteiger partial charge < -0.3 is 0 Å². The van der Waals surface area contributed by atoms with Gasteiger partial charge in [0.1, 0.15) is 0 Å². The third-order valence-electron chi connectivity index (χ3n) is 2.53. The van der Waals surface area contributed by atoms with Crippen molar-refractivity contribution in [3.05, 3.63) is 108 Å². The molecule has 0 rings (SSSR count). The van der Waals surface area contributed by atoms with Gasteiger partial charge >= 0.3 is 0 Å². The molecule has 0 spiro atoms. The molecule has 23 heavy (non-hydrogen) atoms. The van der Waals surface area contributed by atoms with Crippen LogP contribution in [-0.2, 0) is 0 Å². The lowest BCUT2D eigenvalue weighted by molar-refractivity contribution is 1.35. The first-order valence-electron chi connectivity index (χ1n) is 7.99. The zero-order valence-corrected chi connectivity index (χ0v) is 15.2. The molecule has 0 atom stereocenters. The molecule has 0 saturated carbocycles. The Bertz CT molecular complexity index is 572. The minimum atomic E-state index is 1.26. The van der Waals surface area contributed by atoms with E-state index < -0.39 is 0 Å². The highest BCUT2D eigenvalue weighted by Gasteiger charge is 1.79. The lowest BCUT2D eigenvalue weighted by Gasteiger charge is -1.90. The van der Waals surface area contributed by atoms with E-state index in [-0.39, 0.29) is 0 Å². The summed E-state index contributed by atoms with van der Waals surface area (Å²) >= 11 is 0. The third kappa shape index (κ3) is 17.6. The van der Waals surface area contributed by atoms with E-state index in [0.717, 1.165) is 0 Å². The van der Waals surface area contributed by atoms with Crippen LogP contribution >= 0.6 is 0 Å². The Morgan fingerprint density at radius 1 is 0.391 bits per heavy atom. The molecule has 0 fully saturated rings. The van der Waals surface area contributed by atoms with Crippen LogP contribution in [-0.4, -0.2) is 0 Å². The van der Waals surface area contributed by atoms with Crippen LogP contribution in [0.3, 0.4) is 0 Å². The van der Waals surface area contributed by atoms with Gasteiger partial charge in [-0.05, 0) is 34.6 Å². The van der Waals surface area contributed by atoms with E-state index in [9.17, 15) is 0 Å². The molecular weight excluding hydrogens is 276 g/mol. The first-order chi connectivity index (χ1) is 11.0. The lowest BCUT2D eigenvalue weighted by Crippen LogP contribution is -1.69. The smallest absolute Gasteiger partial charge is 0.0398 e. The van der Waals surface area contributed by atoms with Crippen molar-refractivity contribution in [3.63, 3.8) is 0 Å². The molecule has 0 aromatic rings. The zero-order chi connectivity index (χ0) is 17.3. The van der Waals surface area contributed by atoms with Gasteiger partial charge in [0.2, 0.25) is 0 Å². The molecule has 0 N–H and O–H groups in total. The Labute approximate surface area is 143 Å². The van der Waals surface area contributed by atoms with Gasteiger partial charge in [-0.25, -0.2) is 0 Å². The Morgan fingerprint density at radius 3 is 1.09 bits per heavy atom. The van der Waals surface area contributed by atoms with E-state index in [4.69, 9.17) is 0 Å². The van der Waals surface area contributed by atoms with Crippen LogP contribution in [0.25, 0.3) is 0 Å². The number of hydrogen-bond donors (Lipinski definition) is 0. The van der Waals surface area contributed by atoms with Crippen molar-refractivity contribution in [2.75, 3.05) is 0 Å². The minimum absolute atomic E-state index is 1.26. The van der Waals surface area contributed by atoms with Crippen LogP contribution in [0.15, 0.2) is 108 Å². The van der Waals surface area contributed by atoms with E-state index in [0.29, 0.717) is 0 Å². The minimum Gasteiger partial charge on any atom is -0.0764 e. The molecule has 0 aliphatic carbocycles. The number of hydrogen-bond acceptors (Lipinski definition) is 0. The molecule has 0 nitrogen and oxygen atoms in total. The summed E-state index contributed by atoms with van der Waals surface area (Å²) in [5, 5.41) is 0. The normalized spacial score (nSPS) is 13.5. The van der Waals surface area contributed by atoms with Crippen molar-refractivity contribution in [2.45, 2.75) is 34.6 Å². The SMILES string of the molecule is CC(C)=CC=CC=CC=CC=CC=CC=CC=C(C)C=C(C)C. The molecule has 0 saturated heterocycles. The Morgan fingerprint density at radius 2 is 0.739 bits per heavy atom. The molecule has 0 radical (unpaired) electrons. The second-order valence-electron chi connectivity index (χ2n) is 5.69. The van der Waals surface area contributed by atoms with Gasteiger partial charge in [-0.3, -0.25) is 0 Å². The van der Waals surface area contributed by atoms with Crippen LogP contribution in [0.5, 0.6) is 0 Å². The summed E-state index contributed by atoms with van der Waals surface area (Å²) in [6.45, 7) is 10.5. The Balaban J connectivity index is 4.08. The summed E-state index contributed by atoms with van der Waals surface area (Å²) in [6.07, 6.45) is 30.6. The fourth-order valence-electron chi connectivity index (χ4n) is 1.60. The van der Waals surface area contributed by atoms with Gasteiger partial charge in [-0.1, -0.05) is 108 Å². The van der Waals surface area contributed by atoms with Crippen LogP contribution in [0, 0.1) is 0 Å². The van der Waals surface area contributed by atoms with Crippen molar-refractivity contribution in [3.8, 4) is 0 Å². The maximum absolute atomic E-state index is 2.17. The average Bonchev–Trinajstić information content (AvgIpc) is 2.46. The predicted octanol–water partition coefficient (Wildman–Crippen LogP) is 7.20. The predicted molar refractivity (Wildman–Crippen MR) is 107 cm³/mol. The Hall–Kier alpha value is -2.34. The summed E-state index contributed by atoms with van der Waals surface area (Å²) in [6, 6.07) is 0. The van der Waals surface area contributed by atoms with Crippen LogP contribution in [0.1, 0.15) is 34.6 Å². The molecule has 0 heteroatoms. The van der Waals surface area contributed by atoms with E-state index in [2.05, 4.69) is 58.9 Å². The molecule has 0 aliphatic heterocycles. The van der Waals surface area contributed by atoms with Gasteiger partial charge in [0, 0.05) is 0 Å². The fraction of sp³-hybridized carbons (Fsp3) is 0.217. The van der Waals surface area contributed by atoms with Crippen molar-refractivity contribution in [2.24, 2.45) is 0 Å². The van der Waals surface area contributed by atoms with Crippen molar-refractivity contribution >= 4 is 0 Å². The maximum Gasteiger partial charge on any atom is -0.0398 e. The van der Waals surface area contributed by atoms with E-state index in [1.54, 1.807) is 0 Å². The molecule has 0 unspecified atom stereocenters. The Kier molecular flexibility index (Phi) is 13.1. The largest absolute Gasteiger partial charge is 0.0764 e. The monoisotopic (exact) mass is 306 g/mol. The summed E-state index contributed by atoms with van der Waals surface area (Å²) < 4.78 is 0. The van der Waals surface area contributed by atoms with Crippen molar-refractivity contribution < 1.29 is 0 Å². The van der Waals surface area contributed by atoms with Gasteiger partial charge in [-0.2, -0.15) is 0 Å². The van der Waals surface area contributed by atoms with Gasteiger partial charge in [0.05, 0.1) is 0 Å². The summed E-state index contributed by atoms with van der Waals surface area (Å²) in [5.74, 6) is 0. The standard InChI is InChI=1S/C23H30/c1-21(2)18-16-14-12-10-8-6-7-9-11-13-15-17-19-23(5)20-22(3)4/h6-20H,1-5H3. The van der Waals surface area contributed by atoms with Crippen LogP contribution in [0.4, 0.5) is 0 Å². The molecule has 0 amide bonds. The zero-order valence-electron chi connectivity index (χ0n) is 15.2. The first kappa shape index (κ1) is 20.7. The molecule has 0 aromatic heterocycles. The average molecular weight is 306 g/mol. The molecule has 0 aromatic carbocycles. The highest BCUT2D eigenvalue weighted by atomic mass is 13.9. The highest BCUT2D eigenvalue weighted by molar-refractivity contribution is 5.26. The molecule has 0 aliphatic rings. The van der Waals surface area contributed by atoms with Gasteiger partial charge in [-0.15, -0.1) is 0 Å². The molecule has 0 heterocycles. The molecular formula is C23H30. The maximum atomic E-state index is 2.17. The summed E-state index contributed by atoms with van der Waals surface area (Å²) in [7, 11) is 0. The number of rotatable bonds is 8. The highest BCUT2D eigenvalue weighted by Crippen LogP contribution is 2.00. The quantitative estimate of drug-likeness (QED) is 0.416. The van der Waals surface area contributed by atoms with Crippen LogP contribution < -0.4 is 0 Å². The number of allylic oxidation sites excluding steroid dienone is 18. The molecule has 0 bridgehead atoms. The third-order valence-corrected chi connectivity index (χ3v) is 2.53. The van der Waals surface area contributed by atoms with Crippen molar-refractivity contribution in [1.29, 1.82) is 0 Å². The lowest BCUT2D eigenvalue weighted by atomic mass is 10.2. The van der Waals surface area contributed by atoms with E-state index >= 15 is 0 Å². The van der Waals surface area contributed by atoms with E-state index in [1.807, 2.05) is 66.8 Å². The topological polar surface area (TPSA) is 0 Å². The second kappa shape index (κ2) is 14.6. The van der Waals surface area contributed by atoms with Gasteiger partial charge in [0.25, 0.3) is 0 Å². The fourth-order valence-corrected chi connectivity index (χ4v) is 1.60. The summed E-state index contributed by atoms with van der Waals surface area (Å²) in [5.41, 5.74) is 3.88. The summed E-state index contributed by atoms with van der Waals surface area (Å²) in [4.78, 5) is 0. The first-order valence-corrected chi connectivity index (χ1v) is 7.99. The van der Waals surface area contributed by atoms with E-state index in [1.165, 1.54) is 16.7 Å².